The Morgan fingerprint density at radius 3 is 2.90 bits per heavy atom. The third-order valence-corrected chi connectivity index (χ3v) is 8.09. The summed E-state index contributed by atoms with van der Waals surface area (Å²) < 4.78 is 34.3. The molecule has 0 aliphatic heterocycles. The van der Waals surface area contributed by atoms with Crippen LogP contribution in [-0.4, -0.2) is 28.2 Å². The molecule has 0 radical (unpaired) electrons. The van der Waals surface area contributed by atoms with Gasteiger partial charge in [0.2, 0.25) is 10.0 Å². The summed E-state index contributed by atoms with van der Waals surface area (Å²) in [7, 11) is -1.80. The summed E-state index contributed by atoms with van der Waals surface area (Å²) in [5.41, 5.74) is -0.0359. The van der Waals surface area contributed by atoms with Gasteiger partial charge in [-0.3, -0.25) is 0 Å². The van der Waals surface area contributed by atoms with Crippen LogP contribution in [0.15, 0.2) is 16.3 Å². The average Bonchev–Trinajstić information content (AvgIpc) is 2.92. The monoisotopic (exact) mass is 349 g/mol. The first kappa shape index (κ1) is 15.7. The maximum Gasteiger partial charge on any atom is 0.250 e. The molecule has 21 heavy (non-hydrogen) atoms. The first-order valence-electron chi connectivity index (χ1n) is 7.23. The number of halogens is 1. The van der Waals surface area contributed by atoms with E-state index in [0.29, 0.717) is 21.1 Å². The summed E-state index contributed by atoms with van der Waals surface area (Å²) >= 11 is 6.96. The molecule has 2 fully saturated rings. The van der Waals surface area contributed by atoms with E-state index in [4.69, 9.17) is 16.3 Å². The molecule has 1 heterocycles. The summed E-state index contributed by atoms with van der Waals surface area (Å²) in [4.78, 5) is 0. The predicted molar refractivity (Wildman–Crippen MR) is 84.3 cm³/mol. The SMILES string of the molecule is COC[C@@]12CCC[C@@H](CC1)[C@H]2NS(=O)(=O)c1ccc(Cl)s1. The third-order valence-electron chi connectivity index (χ3n) is 4.92. The van der Waals surface area contributed by atoms with Gasteiger partial charge < -0.3 is 4.74 Å². The van der Waals surface area contributed by atoms with Gasteiger partial charge in [0.15, 0.2) is 0 Å². The standard InChI is InChI=1S/C14H20ClNO3S2/c1-19-9-14-7-2-3-10(6-8-14)13(14)16-21(17,18)12-5-4-11(15)20-12/h4-5,10,13,16H,2-3,6-9H2,1H3/t10-,13+,14+/m0/s1. The Kier molecular flexibility index (Phi) is 4.36. The molecule has 0 unspecified atom stereocenters. The van der Waals surface area contributed by atoms with Crippen LogP contribution in [0.5, 0.6) is 0 Å². The van der Waals surface area contributed by atoms with E-state index in [1.165, 1.54) is 0 Å². The van der Waals surface area contributed by atoms with Gasteiger partial charge in [-0.05, 0) is 43.7 Å². The fourth-order valence-corrected chi connectivity index (χ4v) is 6.92. The molecular formula is C14H20ClNO3S2. The van der Waals surface area contributed by atoms with Crippen LogP contribution in [0.25, 0.3) is 0 Å². The molecule has 0 amide bonds. The van der Waals surface area contributed by atoms with Crippen LogP contribution in [0.3, 0.4) is 0 Å². The molecule has 0 aromatic carbocycles. The van der Waals surface area contributed by atoms with Gasteiger partial charge >= 0.3 is 0 Å². The number of ether oxygens (including phenoxy) is 1. The molecule has 2 aliphatic rings. The second-order valence-corrected chi connectivity index (χ2v) is 9.80. The summed E-state index contributed by atoms with van der Waals surface area (Å²) in [6.07, 6.45) is 5.43. The van der Waals surface area contributed by atoms with E-state index in [0.717, 1.165) is 43.4 Å². The Hall–Kier alpha value is -0.140. The highest BCUT2D eigenvalue weighted by atomic mass is 35.5. The third kappa shape index (κ3) is 2.88. The average molecular weight is 350 g/mol. The largest absolute Gasteiger partial charge is 0.384 e. The lowest BCUT2D eigenvalue weighted by Crippen LogP contribution is -2.51. The number of hydrogen-bond donors (Lipinski definition) is 1. The second-order valence-electron chi connectivity index (χ2n) is 6.14. The number of thiophene rings is 1. The fourth-order valence-electron chi connectivity index (χ4n) is 4.01. The van der Waals surface area contributed by atoms with Crippen molar-refractivity contribution < 1.29 is 13.2 Å². The molecule has 7 heteroatoms. The Labute approximate surface area is 134 Å². The lowest BCUT2D eigenvalue weighted by Gasteiger charge is -2.40. The van der Waals surface area contributed by atoms with Crippen molar-refractivity contribution >= 4 is 33.0 Å². The normalized spacial score (nSPS) is 32.5. The van der Waals surface area contributed by atoms with E-state index in [-0.39, 0.29) is 11.5 Å². The topological polar surface area (TPSA) is 55.4 Å². The summed E-state index contributed by atoms with van der Waals surface area (Å²) in [6.45, 7) is 0.627. The first-order valence-corrected chi connectivity index (χ1v) is 9.91. The van der Waals surface area contributed by atoms with Crippen molar-refractivity contribution in [2.75, 3.05) is 13.7 Å². The lowest BCUT2D eigenvalue weighted by molar-refractivity contribution is 0.0396. The van der Waals surface area contributed by atoms with Gasteiger partial charge in [0.25, 0.3) is 0 Å². The van der Waals surface area contributed by atoms with E-state index in [1.807, 2.05) is 0 Å². The van der Waals surface area contributed by atoms with Gasteiger partial charge in [-0.1, -0.05) is 18.0 Å². The van der Waals surface area contributed by atoms with Crippen LogP contribution in [0.4, 0.5) is 0 Å². The molecule has 1 N–H and O–H groups in total. The minimum absolute atomic E-state index is 0.0166. The van der Waals surface area contributed by atoms with Gasteiger partial charge in [-0.25, -0.2) is 13.1 Å². The first-order chi connectivity index (χ1) is 9.97. The molecule has 4 nitrogen and oxygen atoms in total. The van der Waals surface area contributed by atoms with Gasteiger partial charge in [0.05, 0.1) is 10.9 Å². The molecule has 1 aromatic rings. The molecule has 3 atom stereocenters. The Bertz CT molecular complexity index is 606. The zero-order valence-corrected chi connectivity index (χ0v) is 14.4. The van der Waals surface area contributed by atoms with Gasteiger partial charge in [-0.15, -0.1) is 11.3 Å². The van der Waals surface area contributed by atoms with Crippen molar-refractivity contribution in [3.05, 3.63) is 16.5 Å². The highest BCUT2D eigenvalue weighted by Crippen LogP contribution is 2.52. The molecule has 2 aliphatic carbocycles. The minimum Gasteiger partial charge on any atom is -0.384 e. The maximum absolute atomic E-state index is 12.6. The molecule has 118 valence electrons. The van der Waals surface area contributed by atoms with E-state index in [2.05, 4.69) is 4.72 Å². The van der Waals surface area contributed by atoms with Crippen LogP contribution in [0.1, 0.15) is 32.1 Å². The maximum atomic E-state index is 12.6. The van der Waals surface area contributed by atoms with Crippen LogP contribution >= 0.6 is 22.9 Å². The smallest absolute Gasteiger partial charge is 0.250 e. The lowest BCUT2D eigenvalue weighted by atomic mass is 9.72. The van der Waals surface area contributed by atoms with Crippen molar-refractivity contribution in [3.63, 3.8) is 0 Å². The van der Waals surface area contributed by atoms with Gasteiger partial charge in [-0.2, -0.15) is 0 Å². The zero-order valence-electron chi connectivity index (χ0n) is 12.0. The van der Waals surface area contributed by atoms with Crippen molar-refractivity contribution in [1.82, 2.24) is 4.72 Å². The molecule has 0 spiro atoms. The minimum atomic E-state index is -3.49. The van der Waals surface area contributed by atoms with Gasteiger partial charge in [0, 0.05) is 18.6 Å². The number of methoxy groups -OCH3 is 1. The van der Waals surface area contributed by atoms with Crippen molar-refractivity contribution in [1.29, 1.82) is 0 Å². The van der Waals surface area contributed by atoms with E-state index in [9.17, 15) is 8.42 Å². The van der Waals surface area contributed by atoms with Crippen molar-refractivity contribution in [2.24, 2.45) is 11.3 Å². The molecule has 0 saturated heterocycles. The Morgan fingerprint density at radius 1 is 1.43 bits per heavy atom. The van der Waals surface area contributed by atoms with E-state index in [1.54, 1.807) is 19.2 Å². The molecule has 2 saturated carbocycles. The van der Waals surface area contributed by atoms with E-state index >= 15 is 0 Å². The predicted octanol–water partition coefficient (Wildman–Crippen LogP) is 3.28. The van der Waals surface area contributed by atoms with Crippen LogP contribution in [0.2, 0.25) is 4.34 Å². The summed E-state index contributed by atoms with van der Waals surface area (Å²) in [5, 5.41) is 0. The fraction of sp³-hybridized carbons (Fsp3) is 0.714. The molecule has 3 rings (SSSR count). The number of hydrogen-bond acceptors (Lipinski definition) is 4. The summed E-state index contributed by atoms with van der Waals surface area (Å²) in [5.74, 6) is 0.430. The zero-order chi connectivity index (χ0) is 15.1. The van der Waals surface area contributed by atoms with Crippen molar-refractivity contribution in [3.8, 4) is 0 Å². The van der Waals surface area contributed by atoms with E-state index < -0.39 is 10.0 Å². The number of nitrogens with one attached hydrogen (secondary N) is 1. The van der Waals surface area contributed by atoms with Crippen LogP contribution < -0.4 is 4.72 Å². The Balaban J connectivity index is 1.86. The molecular weight excluding hydrogens is 330 g/mol. The number of sulfonamides is 1. The van der Waals surface area contributed by atoms with Crippen molar-refractivity contribution in [2.45, 2.75) is 42.4 Å². The molecule has 1 aromatic heterocycles. The Morgan fingerprint density at radius 2 is 2.24 bits per heavy atom. The highest BCUT2D eigenvalue weighted by Gasteiger charge is 2.52. The number of fused-ring (bicyclic) bond motifs is 2. The van der Waals surface area contributed by atoms with Crippen LogP contribution in [-0.2, 0) is 14.8 Å². The summed E-state index contributed by atoms with van der Waals surface area (Å²) in [6, 6.07) is 3.18. The number of rotatable bonds is 5. The quantitative estimate of drug-likeness (QED) is 0.887. The van der Waals surface area contributed by atoms with Gasteiger partial charge in [0.1, 0.15) is 4.21 Å². The van der Waals surface area contributed by atoms with Crippen LogP contribution in [0, 0.1) is 11.3 Å². The second kappa shape index (κ2) is 5.81. The highest BCUT2D eigenvalue weighted by molar-refractivity contribution is 7.91. The molecule has 2 bridgehead atoms.